The fraction of sp³-hybridized carbons (Fsp3) is 0.0625. The molecule has 112 valence electrons. The van der Waals surface area contributed by atoms with Crippen LogP contribution in [-0.4, -0.2) is 9.55 Å². The van der Waals surface area contributed by atoms with Crippen LogP contribution in [0.5, 0.6) is 0 Å². The standard InChI is InChI=1S/C16H10Cl4N2/c1-22-8-21-15(9-2-4-11(17)13(19)6-9)16(22)10-3-5-12(18)14(20)7-10/h2-8H,1H3. The van der Waals surface area contributed by atoms with Crippen LogP contribution in [-0.2, 0) is 7.05 Å². The quantitative estimate of drug-likeness (QED) is 0.511. The average Bonchev–Trinajstić information content (AvgIpc) is 2.87. The van der Waals surface area contributed by atoms with E-state index in [0.29, 0.717) is 20.1 Å². The molecule has 3 aromatic rings. The molecule has 22 heavy (non-hydrogen) atoms. The zero-order chi connectivity index (χ0) is 15.9. The van der Waals surface area contributed by atoms with Crippen LogP contribution in [0.4, 0.5) is 0 Å². The molecule has 0 radical (unpaired) electrons. The molecule has 0 saturated heterocycles. The summed E-state index contributed by atoms with van der Waals surface area (Å²) in [5.74, 6) is 0. The predicted octanol–water partition coefficient (Wildman–Crippen LogP) is 6.37. The summed E-state index contributed by atoms with van der Waals surface area (Å²) in [4.78, 5) is 4.47. The first-order valence-corrected chi connectivity index (χ1v) is 7.90. The molecule has 0 aliphatic rings. The largest absolute Gasteiger partial charge is 0.333 e. The van der Waals surface area contributed by atoms with Gasteiger partial charge in [-0.2, -0.15) is 0 Å². The van der Waals surface area contributed by atoms with E-state index in [9.17, 15) is 0 Å². The van der Waals surface area contributed by atoms with Crippen molar-refractivity contribution in [3.63, 3.8) is 0 Å². The molecule has 2 nitrogen and oxygen atoms in total. The van der Waals surface area contributed by atoms with Gasteiger partial charge in [-0.15, -0.1) is 0 Å². The van der Waals surface area contributed by atoms with Crippen LogP contribution < -0.4 is 0 Å². The number of benzene rings is 2. The predicted molar refractivity (Wildman–Crippen MR) is 94.1 cm³/mol. The third kappa shape index (κ3) is 2.84. The van der Waals surface area contributed by atoms with Crippen LogP contribution in [0.15, 0.2) is 42.7 Å². The van der Waals surface area contributed by atoms with Gasteiger partial charge in [0.2, 0.25) is 0 Å². The van der Waals surface area contributed by atoms with Crippen molar-refractivity contribution in [1.29, 1.82) is 0 Å². The van der Waals surface area contributed by atoms with E-state index in [0.717, 1.165) is 22.5 Å². The van der Waals surface area contributed by atoms with Crippen molar-refractivity contribution in [2.45, 2.75) is 0 Å². The Balaban J connectivity index is 2.18. The molecule has 0 saturated carbocycles. The van der Waals surface area contributed by atoms with Crippen LogP contribution in [0.25, 0.3) is 22.5 Å². The van der Waals surface area contributed by atoms with Crippen LogP contribution in [0.3, 0.4) is 0 Å². The summed E-state index contributed by atoms with van der Waals surface area (Å²) in [5, 5.41) is 2.02. The van der Waals surface area contributed by atoms with Gasteiger partial charge in [-0.05, 0) is 24.3 Å². The Morgan fingerprint density at radius 1 is 0.773 bits per heavy atom. The summed E-state index contributed by atoms with van der Waals surface area (Å²) in [6.45, 7) is 0. The van der Waals surface area contributed by atoms with Crippen molar-refractivity contribution in [2.75, 3.05) is 0 Å². The van der Waals surface area contributed by atoms with Gasteiger partial charge in [0.05, 0.1) is 37.8 Å². The van der Waals surface area contributed by atoms with E-state index in [1.165, 1.54) is 0 Å². The third-order valence-corrected chi connectivity index (χ3v) is 4.80. The van der Waals surface area contributed by atoms with E-state index < -0.39 is 0 Å². The van der Waals surface area contributed by atoms with Gasteiger partial charge in [0, 0.05) is 18.2 Å². The number of hydrogen-bond donors (Lipinski definition) is 0. The highest BCUT2D eigenvalue weighted by Crippen LogP contribution is 2.36. The summed E-state index contributed by atoms with van der Waals surface area (Å²) in [6, 6.07) is 10.9. The normalized spacial score (nSPS) is 11.0. The summed E-state index contributed by atoms with van der Waals surface area (Å²) in [5.41, 5.74) is 3.54. The molecular formula is C16H10Cl4N2. The summed E-state index contributed by atoms with van der Waals surface area (Å²) in [6.07, 6.45) is 1.75. The van der Waals surface area contributed by atoms with Crippen molar-refractivity contribution in [3.8, 4) is 22.5 Å². The van der Waals surface area contributed by atoms with Gasteiger partial charge >= 0.3 is 0 Å². The number of imidazole rings is 1. The first kappa shape index (κ1) is 15.7. The monoisotopic (exact) mass is 370 g/mol. The van der Waals surface area contributed by atoms with Crippen molar-refractivity contribution < 1.29 is 0 Å². The number of aryl methyl sites for hydroxylation is 1. The maximum absolute atomic E-state index is 6.13. The van der Waals surface area contributed by atoms with Gasteiger partial charge in [0.15, 0.2) is 0 Å². The minimum atomic E-state index is 0.491. The minimum Gasteiger partial charge on any atom is -0.333 e. The molecule has 0 amide bonds. The van der Waals surface area contributed by atoms with Gasteiger partial charge in [0.1, 0.15) is 0 Å². The highest BCUT2D eigenvalue weighted by atomic mass is 35.5. The second-order valence-electron chi connectivity index (χ2n) is 4.81. The van der Waals surface area contributed by atoms with Crippen LogP contribution >= 0.6 is 46.4 Å². The lowest BCUT2D eigenvalue weighted by atomic mass is 10.0. The summed E-state index contributed by atoms with van der Waals surface area (Å²) < 4.78 is 1.93. The molecule has 6 heteroatoms. The Morgan fingerprint density at radius 3 is 1.91 bits per heavy atom. The molecule has 0 unspecified atom stereocenters. The van der Waals surface area contributed by atoms with Crippen LogP contribution in [0.2, 0.25) is 20.1 Å². The van der Waals surface area contributed by atoms with Crippen molar-refractivity contribution >= 4 is 46.4 Å². The molecule has 0 fully saturated rings. The maximum Gasteiger partial charge on any atom is 0.0963 e. The Labute approximate surface area is 148 Å². The maximum atomic E-state index is 6.13. The zero-order valence-electron chi connectivity index (χ0n) is 11.4. The Hall–Kier alpha value is -1.19. The van der Waals surface area contributed by atoms with Gasteiger partial charge < -0.3 is 4.57 Å². The summed E-state index contributed by atoms with van der Waals surface area (Å²) >= 11 is 24.2. The molecule has 0 aliphatic carbocycles. The van der Waals surface area contributed by atoms with Gasteiger partial charge in [-0.1, -0.05) is 58.5 Å². The highest BCUT2D eigenvalue weighted by molar-refractivity contribution is 6.42. The second-order valence-corrected chi connectivity index (χ2v) is 6.44. The molecular weight excluding hydrogens is 362 g/mol. The Bertz CT molecular complexity index is 855. The SMILES string of the molecule is Cn1cnc(-c2ccc(Cl)c(Cl)c2)c1-c1ccc(Cl)c(Cl)c1. The zero-order valence-corrected chi connectivity index (χ0v) is 14.5. The molecule has 0 atom stereocenters. The number of hydrogen-bond acceptors (Lipinski definition) is 1. The number of nitrogens with zero attached hydrogens (tertiary/aromatic N) is 2. The third-order valence-electron chi connectivity index (χ3n) is 3.32. The first-order chi connectivity index (χ1) is 10.5. The lowest BCUT2D eigenvalue weighted by Crippen LogP contribution is -1.92. The van der Waals surface area contributed by atoms with Crippen molar-refractivity contribution in [3.05, 3.63) is 62.8 Å². The van der Waals surface area contributed by atoms with Crippen LogP contribution in [0, 0.1) is 0 Å². The number of aromatic nitrogens is 2. The second kappa shape index (κ2) is 6.13. The fourth-order valence-electron chi connectivity index (χ4n) is 2.27. The number of halogens is 4. The Morgan fingerprint density at radius 2 is 1.32 bits per heavy atom. The molecule has 0 bridgehead atoms. The van der Waals surface area contributed by atoms with Gasteiger partial charge in [-0.25, -0.2) is 4.98 Å². The van der Waals surface area contributed by atoms with E-state index >= 15 is 0 Å². The Kier molecular flexibility index (Phi) is 4.37. The van der Waals surface area contributed by atoms with Gasteiger partial charge in [-0.3, -0.25) is 0 Å². The molecule has 2 aromatic carbocycles. The number of rotatable bonds is 2. The average molecular weight is 372 g/mol. The minimum absolute atomic E-state index is 0.491. The van der Waals surface area contributed by atoms with Crippen LogP contribution in [0.1, 0.15) is 0 Å². The molecule has 1 heterocycles. The lowest BCUT2D eigenvalue weighted by Gasteiger charge is -2.08. The molecule has 0 spiro atoms. The van der Waals surface area contributed by atoms with Gasteiger partial charge in [0.25, 0.3) is 0 Å². The lowest BCUT2D eigenvalue weighted by molar-refractivity contribution is 0.921. The first-order valence-electron chi connectivity index (χ1n) is 6.39. The molecule has 0 N–H and O–H groups in total. The fourth-order valence-corrected chi connectivity index (χ4v) is 2.86. The van der Waals surface area contributed by atoms with E-state index in [4.69, 9.17) is 46.4 Å². The van der Waals surface area contributed by atoms with E-state index in [1.54, 1.807) is 24.5 Å². The van der Waals surface area contributed by atoms with E-state index in [-0.39, 0.29) is 0 Å². The molecule has 1 aromatic heterocycles. The van der Waals surface area contributed by atoms with E-state index in [2.05, 4.69) is 4.98 Å². The van der Waals surface area contributed by atoms with Crippen molar-refractivity contribution in [1.82, 2.24) is 9.55 Å². The molecule has 0 aliphatic heterocycles. The summed E-state index contributed by atoms with van der Waals surface area (Å²) in [7, 11) is 1.92. The smallest absolute Gasteiger partial charge is 0.0963 e. The van der Waals surface area contributed by atoms with Crippen molar-refractivity contribution in [2.24, 2.45) is 7.05 Å². The highest BCUT2D eigenvalue weighted by Gasteiger charge is 2.15. The van der Waals surface area contributed by atoms with E-state index in [1.807, 2.05) is 29.8 Å². The molecule has 3 rings (SSSR count). The topological polar surface area (TPSA) is 17.8 Å².